The van der Waals surface area contributed by atoms with Gasteiger partial charge in [-0.05, 0) is 49.5 Å². The van der Waals surface area contributed by atoms with Crippen LogP contribution in [0.5, 0.6) is 0 Å². The van der Waals surface area contributed by atoms with Crippen molar-refractivity contribution < 1.29 is 9.18 Å². The molecule has 28 heavy (non-hydrogen) atoms. The van der Waals surface area contributed by atoms with Crippen LogP contribution < -0.4 is 11.1 Å². The second-order valence-corrected chi connectivity index (χ2v) is 7.46. The normalized spacial score (nSPS) is 14.1. The summed E-state index contributed by atoms with van der Waals surface area (Å²) < 4.78 is 16.4. The van der Waals surface area contributed by atoms with E-state index in [0.29, 0.717) is 23.5 Å². The van der Waals surface area contributed by atoms with Crippen LogP contribution in [0.2, 0.25) is 0 Å². The van der Waals surface area contributed by atoms with E-state index in [1.165, 1.54) is 12.1 Å². The maximum atomic E-state index is 14.4. The number of nitrogens with two attached hydrogens (primary N) is 1. The third-order valence-electron chi connectivity index (χ3n) is 4.55. The highest BCUT2D eigenvalue weighted by Crippen LogP contribution is 2.27. The standard InChI is InChI=1S/C18H24FN5OS.2ClH/c1-26-10-8-15(20)18(25)21-12-6-7-14(19)13(11-12)17-23-22-16-5-3-2-4-9-24(16)17;;/h6-7,11,15H,2-5,8-10,20H2,1H3,(H,21,25);2*1H/t15-;;/m0../s1. The van der Waals surface area contributed by atoms with E-state index >= 15 is 0 Å². The average Bonchev–Trinajstić information content (AvgIpc) is 2.89. The van der Waals surface area contributed by atoms with E-state index in [9.17, 15) is 9.18 Å². The molecule has 0 unspecified atom stereocenters. The van der Waals surface area contributed by atoms with Crippen LogP contribution in [0.25, 0.3) is 11.4 Å². The van der Waals surface area contributed by atoms with E-state index in [2.05, 4.69) is 15.5 Å². The van der Waals surface area contributed by atoms with Gasteiger partial charge in [0, 0.05) is 18.7 Å². The van der Waals surface area contributed by atoms with Crippen LogP contribution in [0, 0.1) is 5.82 Å². The monoisotopic (exact) mass is 449 g/mol. The van der Waals surface area contributed by atoms with Crippen LogP contribution >= 0.6 is 36.6 Å². The highest BCUT2D eigenvalue weighted by atomic mass is 35.5. The second-order valence-electron chi connectivity index (χ2n) is 6.47. The maximum Gasteiger partial charge on any atom is 0.241 e. The zero-order chi connectivity index (χ0) is 18.5. The van der Waals surface area contributed by atoms with Crippen molar-refractivity contribution in [2.45, 2.75) is 44.7 Å². The number of fused-ring (bicyclic) bond motifs is 1. The summed E-state index contributed by atoms with van der Waals surface area (Å²) in [7, 11) is 0. The van der Waals surface area contributed by atoms with E-state index in [-0.39, 0.29) is 36.5 Å². The summed E-state index contributed by atoms with van der Waals surface area (Å²) in [5.41, 5.74) is 6.76. The van der Waals surface area contributed by atoms with Gasteiger partial charge in [-0.15, -0.1) is 35.0 Å². The van der Waals surface area contributed by atoms with Crippen LogP contribution in [0.3, 0.4) is 0 Å². The smallest absolute Gasteiger partial charge is 0.241 e. The minimum atomic E-state index is -0.583. The van der Waals surface area contributed by atoms with Crippen molar-refractivity contribution in [1.82, 2.24) is 14.8 Å². The Hall–Kier alpha value is -1.35. The van der Waals surface area contributed by atoms with E-state index in [1.807, 2.05) is 10.8 Å². The Balaban J connectivity index is 0.00000196. The topological polar surface area (TPSA) is 85.8 Å². The van der Waals surface area contributed by atoms with Gasteiger partial charge in [-0.25, -0.2) is 4.39 Å². The van der Waals surface area contributed by atoms with Gasteiger partial charge in [0.1, 0.15) is 11.6 Å². The number of carbonyl (C=O) groups is 1. The molecule has 0 aliphatic carbocycles. The molecule has 1 aliphatic heterocycles. The van der Waals surface area contributed by atoms with Crippen molar-refractivity contribution in [3.63, 3.8) is 0 Å². The average molecular weight is 450 g/mol. The molecule has 1 aliphatic rings. The molecule has 1 aromatic carbocycles. The third kappa shape index (κ3) is 5.83. The molecule has 0 fully saturated rings. The summed E-state index contributed by atoms with van der Waals surface area (Å²) in [5.74, 6) is 1.58. The summed E-state index contributed by atoms with van der Waals surface area (Å²) in [6.45, 7) is 0.785. The van der Waals surface area contributed by atoms with E-state index in [0.717, 1.165) is 43.8 Å². The summed E-state index contributed by atoms with van der Waals surface area (Å²) in [6, 6.07) is 3.91. The van der Waals surface area contributed by atoms with Gasteiger partial charge in [0.2, 0.25) is 5.91 Å². The van der Waals surface area contributed by atoms with Crippen LogP contribution in [0.15, 0.2) is 18.2 Å². The maximum absolute atomic E-state index is 14.4. The Morgan fingerprint density at radius 3 is 2.86 bits per heavy atom. The van der Waals surface area contributed by atoms with Gasteiger partial charge in [0.15, 0.2) is 5.82 Å². The first-order valence-electron chi connectivity index (χ1n) is 8.87. The number of halogens is 3. The number of carbonyl (C=O) groups excluding carboxylic acids is 1. The zero-order valence-electron chi connectivity index (χ0n) is 15.7. The fourth-order valence-electron chi connectivity index (χ4n) is 3.07. The number of rotatable bonds is 6. The quantitative estimate of drug-likeness (QED) is 0.702. The highest BCUT2D eigenvalue weighted by molar-refractivity contribution is 7.98. The third-order valence-corrected chi connectivity index (χ3v) is 5.20. The summed E-state index contributed by atoms with van der Waals surface area (Å²) >= 11 is 1.64. The van der Waals surface area contributed by atoms with Crippen LogP contribution in [0.1, 0.15) is 31.5 Å². The number of benzene rings is 1. The molecule has 1 amide bonds. The lowest BCUT2D eigenvalue weighted by Crippen LogP contribution is -2.36. The molecular weight excluding hydrogens is 424 g/mol. The molecule has 156 valence electrons. The predicted molar refractivity (Wildman–Crippen MR) is 117 cm³/mol. The molecule has 0 saturated carbocycles. The van der Waals surface area contributed by atoms with Crippen molar-refractivity contribution in [2.24, 2.45) is 5.73 Å². The number of nitrogens with zero attached hydrogens (tertiary/aromatic N) is 3. The molecule has 0 bridgehead atoms. The van der Waals surface area contributed by atoms with Crippen molar-refractivity contribution in [2.75, 3.05) is 17.3 Å². The number of hydrogen-bond donors (Lipinski definition) is 2. The van der Waals surface area contributed by atoms with Gasteiger partial charge in [-0.2, -0.15) is 11.8 Å². The number of aromatic nitrogens is 3. The lowest BCUT2D eigenvalue weighted by Gasteiger charge is -2.13. The Morgan fingerprint density at radius 1 is 1.32 bits per heavy atom. The Kier molecular flexibility index (Phi) is 10.2. The predicted octanol–water partition coefficient (Wildman–Crippen LogP) is 3.67. The first-order valence-corrected chi connectivity index (χ1v) is 10.3. The number of anilines is 1. The molecule has 0 radical (unpaired) electrons. The highest BCUT2D eigenvalue weighted by Gasteiger charge is 2.20. The zero-order valence-corrected chi connectivity index (χ0v) is 18.1. The Morgan fingerprint density at radius 2 is 2.11 bits per heavy atom. The van der Waals surface area contributed by atoms with Crippen LogP contribution in [0.4, 0.5) is 10.1 Å². The SMILES string of the molecule is CSCC[C@H](N)C(=O)Nc1ccc(F)c(-c2nnc3n2CCCCC3)c1.Cl.Cl. The van der Waals surface area contributed by atoms with Crippen molar-refractivity contribution in [3.05, 3.63) is 29.8 Å². The lowest BCUT2D eigenvalue weighted by molar-refractivity contribution is -0.117. The van der Waals surface area contributed by atoms with Crippen molar-refractivity contribution >= 4 is 48.2 Å². The lowest BCUT2D eigenvalue weighted by atomic mass is 10.1. The van der Waals surface area contributed by atoms with Gasteiger partial charge >= 0.3 is 0 Å². The van der Waals surface area contributed by atoms with Crippen LogP contribution in [-0.4, -0.2) is 38.7 Å². The Bertz CT molecular complexity index is 789. The molecule has 0 spiro atoms. The first kappa shape index (κ1) is 24.7. The molecule has 2 heterocycles. The molecule has 0 saturated heterocycles. The molecule has 10 heteroatoms. The number of amides is 1. The minimum absolute atomic E-state index is 0. The van der Waals surface area contributed by atoms with Crippen molar-refractivity contribution in [1.29, 1.82) is 0 Å². The van der Waals surface area contributed by atoms with Gasteiger partial charge in [0.25, 0.3) is 0 Å². The van der Waals surface area contributed by atoms with Gasteiger partial charge in [-0.3, -0.25) is 4.79 Å². The molecular formula is C18H26Cl2FN5OS. The first-order chi connectivity index (χ1) is 12.6. The number of hydrogen-bond acceptors (Lipinski definition) is 5. The Labute approximate surface area is 181 Å². The second kappa shape index (κ2) is 11.6. The van der Waals surface area contributed by atoms with Gasteiger partial charge in [0.05, 0.1) is 11.6 Å². The summed E-state index contributed by atoms with van der Waals surface area (Å²) in [5, 5.41) is 11.2. The summed E-state index contributed by atoms with van der Waals surface area (Å²) in [4.78, 5) is 12.2. The number of thioether (sulfide) groups is 1. The number of aryl methyl sites for hydroxylation is 1. The van der Waals surface area contributed by atoms with Gasteiger partial charge < -0.3 is 15.6 Å². The largest absolute Gasteiger partial charge is 0.325 e. The number of nitrogens with one attached hydrogen (secondary N) is 1. The molecule has 1 atom stereocenters. The molecule has 2 aromatic rings. The molecule has 3 N–H and O–H groups in total. The summed E-state index contributed by atoms with van der Waals surface area (Å²) in [6.07, 6.45) is 6.66. The van der Waals surface area contributed by atoms with E-state index < -0.39 is 6.04 Å². The van der Waals surface area contributed by atoms with Gasteiger partial charge in [-0.1, -0.05) is 6.42 Å². The van der Waals surface area contributed by atoms with Crippen molar-refractivity contribution in [3.8, 4) is 11.4 Å². The van der Waals surface area contributed by atoms with E-state index in [4.69, 9.17) is 5.73 Å². The van der Waals surface area contributed by atoms with E-state index in [1.54, 1.807) is 17.8 Å². The molecule has 6 nitrogen and oxygen atoms in total. The molecule has 1 aromatic heterocycles. The minimum Gasteiger partial charge on any atom is -0.325 e. The van der Waals surface area contributed by atoms with Crippen LogP contribution in [-0.2, 0) is 17.8 Å². The fraction of sp³-hybridized carbons (Fsp3) is 0.500. The fourth-order valence-corrected chi connectivity index (χ4v) is 3.56. The molecule has 3 rings (SSSR count).